The molecule has 3 atom stereocenters. The number of hydrogen-bond acceptors (Lipinski definition) is 4. The van der Waals surface area contributed by atoms with Gasteiger partial charge in [-0.25, -0.2) is 0 Å². The van der Waals surface area contributed by atoms with Crippen LogP contribution in [0, 0.1) is 17.8 Å². The quantitative estimate of drug-likeness (QED) is 0.552. The lowest BCUT2D eigenvalue weighted by molar-refractivity contribution is -0.163. The van der Waals surface area contributed by atoms with Crippen molar-refractivity contribution in [3.05, 3.63) is 0 Å². The van der Waals surface area contributed by atoms with Gasteiger partial charge in [-0.2, -0.15) is 0 Å². The van der Waals surface area contributed by atoms with E-state index in [4.69, 9.17) is 14.9 Å². The van der Waals surface area contributed by atoms with E-state index in [1.807, 2.05) is 0 Å². The van der Waals surface area contributed by atoms with E-state index >= 15 is 0 Å². The molecule has 94 valence electrons. The van der Waals surface area contributed by atoms with E-state index in [1.54, 1.807) is 0 Å². The highest BCUT2D eigenvalue weighted by molar-refractivity contribution is 5.98. The minimum atomic E-state index is -1.68. The summed E-state index contributed by atoms with van der Waals surface area (Å²) in [4.78, 5) is 33.6. The van der Waals surface area contributed by atoms with Gasteiger partial charge in [0.15, 0.2) is 5.92 Å². The standard InChI is InChI=1S/C11H14O6/c12-9(13)8(10(14)15)7-5-3-1-2-4-6(5)17-11(7)16/h5-8H,1-4H2,(H,12,13)(H,14,15)/t5-,6+,7-/m1/s1. The van der Waals surface area contributed by atoms with Gasteiger partial charge in [0.2, 0.25) is 0 Å². The molecule has 0 aromatic heterocycles. The molecule has 0 amide bonds. The molecule has 1 aliphatic carbocycles. The maximum Gasteiger partial charge on any atom is 0.318 e. The summed E-state index contributed by atoms with van der Waals surface area (Å²) in [7, 11) is 0. The fourth-order valence-electron chi connectivity index (χ4n) is 2.88. The number of rotatable bonds is 3. The molecule has 2 N–H and O–H groups in total. The van der Waals surface area contributed by atoms with Crippen LogP contribution in [-0.2, 0) is 19.1 Å². The predicted molar refractivity (Wildman–Crippen MR) is 54.1 cm³/mol. The van der Waals surface area contributed by atoms with Gasteiger partial charge in [-0.05, 0) is 19.3 Å². The van der Waals surface area contributed by atoms with Crippen molar-refractivity contribution in [2.45, 2.75) is 31.8 Å². The lowest BCUT2D eigenvalue weighted by atomic mass is 9.74. The summed E-state index contributed by atoms with van der Waals surface area (Å²) in [6.45, 7) is 0. The Hall–Kier alpha value is -1.59. The van der Waals surface area contributed by atoms with E-state index in [0.717, 1.165) is 12.8 Å². The topological polar surface area (TPSA) is 101 Å². The van der Waals surface area contributed by atoms with Crippen LogP contribution in [0.25, 0.3) is 0 Å². The number of carboxylic acid groups (broad SMARTS) is 2. The molecule has 6 nitrogen and oxygen atoms in total. The Balaban J connectivity index is 2.26. The zero-order chi connectivity index (χ0) is 12.6. The minimum absolute atomic E-state index is 0.256. The van der Waals surface area contributed by atoms with Crippen molar-refractivity contribution in [3.8, 4) is 0 Å². The van der Waals surface area contributed by atoms with Gasteiger partial charge in [-0.3, -0.25) is 14.4 Å². The normalized spacial score (nSPS) is 32.1. The van der Waals surface area contributed by atoms with E-state index in [1.165, 1.54) is 0 Å². The molecular weight excluding hydrogens is 228 g/mol. The third kappa shape index (κ3) is 1.99. The molecule has 1 saturated carbocycles. The molecule has 1 heterocycles. The largest absolute Gasteiger partial charge is 0.481 e. The molecule has 0 spiro atoms. The number of ether oxygens (including phenoxy) is 1. The molecule has 1 aliphatic heterocycles. The molecule has 1 saturated heterocycles. The van der Waals surface area contributed by atoms with Gasteiger partial charge < -0.3 is 14.9 Å². The second kappa shape index (κ2) is 4.35. The first-order valence-corrected chi connectivity index (χ1v) is 5.68. The maximum absolute atomic E-state index is 11.6. The van der Waals surface area contributed by atoms with Crippen molar-refractivity contribution in [1.29, 1.82) is 0 Å². The fourth-order valence-corrected chi connectivity index (χ4v) is 2.88. The summed E-state index contributed by atoms with van der Waals surface area (Å²) in [5.41, 5.74) is 0. The highest BCUT2D eigenvalue weighted by Crippen LogP contribution is 2.42. The van der Waals surface area contributed by atoms with Gasteiger partial charge in [-0.15, -0.1) is 0 Å². The third-order valence-corrected chi connectivity index (χ3v) is 3.65. The van der Waals surface area contributed by atoms with E-state index in [-0.39, 0.29) is 12.0 Å². The molecule has 0 bridgehead atoms. The van der Waals surface area contributed by atoms with Gasteiger partial charge in [0, 0.05) is 5.92 Å². The number of hydrogen-bond donors (Lipinski definition) is 2. The monoisotopic (exact) mass is 242 g/mol. The van der Waals surface area contributed by atoms with Gasteiger partial charge in [-0.1, -0.05) is 6.42 Å². The van der Waals surface area contributed by atoms with Crippen molar-refractivity contribution >= 4 is 17.9 Å². The van der Waals surface area contributed by atoms with Crippen LogP contribution in [-0.4, -0.2) is 34.2 Å². The van der Waals surface area contributed by atoms with Gasteiger partial charge in [0.05, 0.1) is 5.92 Å². The van der Waals surface area contributed by atoms with Crippen molar-refractivity contribution in [1.82, 2.24) is 0 Å². The number of aliphatic carboxylic acids is 2. The summed E-state index contributed by atoms with van der Waals surface area (Å²) in [5.74, 6) is -6.58. The molecule has 0 radical (unpaired) electrons. The molecule has 0 aromatic carbocycles. The van der Waals surface area contributed by atoms with Gasteiger partial charge >= 0.3 is 17.9 Å². The zero-order valence-electron chi connectivity index (χ0n) is 9.17. The Labute approximate surface area is 97.6 Å². The van der Waals surface area contributed by atoms with E-state index in [2.05, 4.69) is 0 Å². The number of carboxylic acids is 2. The summed E-state index contributed by atoms with van der Waals surface area (Å²) < 4.78 is 5.09. The molecule has 6 heteroatoms. The molecular formula is C11H14O6. The summed E-state index contributed by atoms with van der Waals surface area (Å²) in [6, 6.07) is 0. The number of esters is 1. The van der Waals surface area contributed by atoms with Crippen LogP contribution in [0.5, 0.6) is 0 Å². The first-order valence-electron chi connectivity index (χ1n) is 5.68. The lowest BCUT2D eigenvalue weighted by Gasteiger charge is -2.26. The smallest absolute Gasteiger partial charge is 0.318 e. The first kappa shape index (κ1) is 11.9. The maximum atomic E-state index is 11.6. The first-order chi connectivity index (χ1) is 8.02. The lowest BCUT2D eigenvalue weighted by Crippen LogP contribution is -2.38. The average Bonchev–Trinajstić information content (AvgIpc) is 2.55. The molecule has 2 fully saturated rings. The van der Waals surface area contributed by atoms with Crippen LogP contribution in [0.3, 0.4) is 0 Å². The van der Waals surface area contributed by atoms with Gasteiger partial charge in [0.25, 0.3) is 0 Å². The second-order valence-electron chi connectivity index (χ2n) is 4.60. The van der Waals surface area contributed by atoms with Crippen LogP contribution in [0.4, 0.5) is 0 Å². The summed E-state index contributed by atoms with van der Waals surface area (Å²) in [6.07, 6.45) is 2.91. The molecule has 17 heavy (non-hydrogen) atoms. The van der Waals surface area contributed by atoms with Crippen molar-refractivity contribution < 1.29 is 29.3 Å². The Morgan fingerprint density at radius 1 is 1.18 bits per heavy atom. The Kier molecular flexibility index (Phi) is 3.04. The number of carbonyl (C=O) groups is 3. The Morgan fingerprint density at radius 3 is 2.35 bits per heavy atom. The van der Waals surface area contributed by atoms with Crippen LogP contribution >= 0.6 is 0 Å². The van der Waals surface area contributed by atoms with Crippen molar-refractivity contribution in [3.63, 3.8) is 0 Å². The van der Waals surface area contributed by atoms with E-state index in [9.17, 15) is 14.4 Å². The molecule has 0 aromatic rings. The summed E-state index contributed by atoms with van der Waals surface area (Å²) >= 11 is 0. The zero-order valence-corrected chi connectivity index (χ0v) is 9.17. The highest BCUT2D eigenvalue weighted by Gasteiger charge is 2.53. The van der Waals surface area contributed by atoms with E-state index < -0.39 is 29.7 Å². The highest BCUT2D eigenvalue weighted by atomic mass is 16.6. The second-order valence-corrected chi connectivity index (χ2v) is 4.60. The molecule has 2 aliphatic rings. The predicted octanol–water partition coefficient (Wildman–Crippen LogP) is 0.504. The third-order valence-electron chi connectivity index (χ3n) is 3.65. The van der Waals surface area contributed by atoms with E-state index in [0.29, 0.717) is 12.8 Å². The SMILES string of the molecule is O=C(O)C(C(=O)O)[C@@H]1C(=O)O[C@H]2CCCC[C@H]21. The number of carbonyl (C=O) groups excluding carboxylic acids is 1. The van der Waals surface area contributed by atoms with Gasteiger partial charge in [0.1, 0.15) is 6.10 Å². The number of fused-ring (bicyclic) bond motifs is 1. The Morgan fingerprint density at radius 2 is 1.76 bits per heavy atom. The average molecular weight is 242 g/mol. The molecule has 0 unspecified atom stereocenters. The molecule has 2 rings (SSSR count). The van der Waals surface area contributed by atoms with Crippen LogP contribution in [0.1, 0.15) is 25.7 Å². The Bertz CT molecular complexity index is 349. The van der Waals surface area contributed by atoms with Crippen LogP contribution in [0.2, 0.25) is 0 Å². The minimum Gasteiger partial charge on any atom is -0.481 e. The van der Waals surface area contributed by atoms with Crippen molar-refractivity contribution in [2.75, 3.05) is 0 Å². The van der Waals surface area contributed by atoms with Crippen LogP contribution < -0.4 is 0 Å². The summed E-state index contributed by atoms with van der Waals surface area (Å²) in [5, 5.41) is 17.8. The van der Waals surface area contributed by atoms with Crippen molar-refractivity contribution in [2.24, 2.45) is 17.8 Å². The van der Waals surface area contributed by atoms with Crippen LogP contribution in [0.15, 0.2) is 0 Å². The fraction of sp³-hybridized carbons (Fsp3) is 0.727.